The van der Waals surface area contributed by atoms with E-state index in [0.717, 1.165) is 22.4 Å². The van der Waals surface area contributed by atoms with Crippen LogP contribution in [0.3, 0.4) is 0 Å². The second-order valence-corrected chi connectivity index (χ2v) is 7.00. The number of benzene rings is 3. The van der Waals surface area contributed by atoms with Gasteiger partial charge in [0.1, 0.15) is 0 Å². The number of carbonyl (C=O) groups excluding carboxylic acids is 1. The first-order valence-corrected chi connectivity index (χ1v) is 9.31. The molecule has 0 saturated heterocycles. The van der Waals surface area contributed by atoms with Crippen molar-refractivity contribution in [2.24, 2.45) is 0 Å². The smallest absolute Gasteiger partial charge is 0.238 e. The lowest BCUT2D eigenvalue weighted by Gasteiger charge is -2.19. The molecule has 0 aliphatic heterocycles. The summed E-state index contributed by atoms with van der Waals surface area (Å²) >= 11 is 11.4. The molecule has 2 N–H and O–H groups in total. The molecular weight excluding hydrogens is 376 g/mol. The van der Waals surface area contributed by atoms with Gasteiger partial charge in [0.25, 0.3) is 0 Å². The van der Waals surface area contributed by atoms with Crippen LogP contribution in [0.5, 0.6) is 0 Å². The van der Waals surface area contributed by atoms with Crippen LogP contribution in [0.15, 0.2) is 78.9 Å². The number of carbonyl (C=O) groups is 1. The van der Waals surface area contributed by atoms with Crippen molar-refractivity contribution in [3.8, 4) is 0 Å². The fourth-order valence-corrected chi connectivity index (χ4v) is 3.24. The van der Waals surface area contributed by atoms with Gasteiger partial charge in [0.2, 0.25) is 5.91 Å². The minimum Gasteiger partial charge on any atom is -0.332 e. The number of hydrogen-bond donors (Lipinski definition) is 2. The zero-order valence-electron chi connectivity index (χ0n) is 14.8. The summed E-state index contributed by atoms with van der Waals surface area (Å²) in [5.41, 5.74) is 3.56. The third-order valence-electron chi connectivity index (χ3n) is 4.21. The molecule has 27 heavy (non-hydrogen) atoms. The first kappa shape index (κ1) is 19.1. The minimum absolute atomic E-state index is 0.190. The van der Waals surface area contributed by atoms with Gasteiger partial charge in [0.05, 0.1) is 5.92 Å². The van der Waals surface area contributed by atoms with E-state index in [1.54, 1.807) is 6.07 Å². The molecule has 5 heteroatoms. The highest BCUT2D eigenvalue weighted by atomic mass is 35.5. The van der Waals surface area contributed by atoms with Gasteiger partial charge in [-0.1, -0.05) is 78.3 Å². The number of thiocarbonyl (C=S) groups is 1. The monoisotopic (exact) mass is 394 g/mol. The van der Waals surface area contributed by atoms with E-state index in [4.69, 9.17) is 23.8 Å². The largest absolute Gasteiger partial charge is 0.332 e. The molecule has 0 radical (unpaired) electrons. The lowest BCUT2D eigenvalue weighted by molar-refractivity contribution is -0.120. The summed E-state index contributed by atoms with van der Waals surface area (Å²) in [7, 11) is 0. The molecule has 1 amide bonds. The molecule has 0 unspecified atom stereocenters. The van der Waals surface area contributed by atoms with Crippen LogP contribution in [0.2, 0.25) is 5.02 Å². The maximum absolute atomic E-state index is 13.0. The molecule has 0 aliphatic carbocycles. The molecule has 3 aromatic carbocycles. The van der Waals surface area contributed by atoms with Gasteiger partial charge >= 0.3 is 0 Å². The van der Waals surface area contributed by atoms with Crippen molar-refractivity contribution in [2.45, 2.75) is 12.8 Å². The molecule has 3 nitrogen and oxygen atoms in total. The summed E-state index contributed by atoms with van der Waals surface area (Å²) in [5, 5.41) is 6.70. The average molecular weight is 395 g/mol. The summed E-state index contributed by atoms with van der Waals surface area (Å²) < 4.78 is 0. The van der Waals surface area contributed by atoms with Crippen molar-refractivity contribution in [1.82, 2.24) is 5.32 Å². The zero-order chi connectivity index (χ0) is 19.2. The van der Waals surface area contributed by atoms with Crippen LogP contribution in [-0.2, 0) is 4.79 Å². The predicted octanol–water partition coefficient (Wildman–Crippen LogP) is 5.29. The third-order valence-corrected chi connectivity index (χ3v) is 4.65. The van der Waals surface area contributed by atoms with Crippen molar-refractivity contribution in [3.63, 3.8) is 0 Å². The van der Waals surface area contributed by atoms with E-state index in [1.165, 1.54) is 0 Å². The molecule has 0 spiro atoms. The van der Waals surface area contributed by atoms with Crippen molar-refractivity contribution in [2.75, 3.05) is 5.32 Å². The Morgan fingerprint density at radius 1 is 0.926 bits per heavy atom. The quantitative estimate of drug-likeness (QED) is 0.590. The number of anilines is 1. The molecule has 0 aliphatic rings. The summed E-state index contributed by atoms with van der Waals surface area (Å²) in [6.45, 7) is 1.94. The number of amides is 1. The standard InChI is InChI=1S/C22H19ClN2OS/c1-15-12-13-18(23)14-19(15)24-22(27)25-21(26)20(16-8-4-2-5-9-16)17-10-6-3-7-11-17/h2-14,20H,1H3,(H2,24,25,26,27). The van der Waals surface area contributed by atoms with Gasteiger partial charge in [-0.05, 0) is 48.0 Å². The number of aryl methyl sites for hydroxylation is 1. The topological polar surface area (TPSA) is 41.1 Å². The molecule has 136 valence electrons. The van der Waals surface area contributed by atoms with Crippen LogP contribution in [0.1, 0.15) is 22.6 Å². The van der Waals surface area contributed by atoms with Crippen LogP contribution in [0.25, 0.3) is 0 Å². The van der Waals surface area contributed by atoms with Crippen molar-refractivity contribution in [1.29, 1.82) is 0 Å². The van der Waals surface area contributed by atoms with E-state index in [1.807, 2.05) is 79.7 Å². The normalized spacial score (nSPS) is 10.5. The molecule has 0 aromatic heterocycles. The Bertz CT molecular complexity index is 906. The summed E-state index contributed by atoms with van der Waals surface area (Å²) in [6.07, 6.45) is 0. The highest BCUT2D eigenvalue weighted by molar-refractivity contribution is 7.80. The van der Waals surface area contributed by atoms with Crippen LogP contribution < -0.4 is 10.6 Å². The molecule has 0 saturated carbocycles. The Labute approximate surface area is 169 Å². The van der Waals surface area contributed by atoms with Crippen LogP contribution in [0, 0.1) is 6.92 Å². The fourth-order valence-electron chi connectivity index (χ4n) is 2.85. The minimum atomic E-state index is -0.451. The highest BCUT2D eigenvalue weighted by Crippen LogP contribution is 2.25. The molecule has 3 rings (SSSR count). The number of rotatable bonds is 4. The van der Waals surface area contributed by atoms with Gasteiger partial charge in [-0.2, -0.15) is 0 Å². The molecule has 0 atom stereocenters. The van der Waals surface area contributed by atoms with Crippen LogP contribution in [0.4, 0.5) is 5.69 Å². The molecule has 0 heterocycles. The van der Waals surface area contributed by atoms with Crippen molar-refractivity contribution in [3.05, 3.63) is 101 Å². The SMILES string of the molecule is Cc1ccc(Cl)cc1NC(=S)NC(=O)C(c1ccccc1)c1ccccc1. The van der Waals surface area contributed by atoms with Gasteiger partial charge in [0.15, 0.2) is 5.11 Å². The van der Waals surface area contributed by atoms with Crippen molar-refractivity contribution >= 4 is 40.5 Å². The van der Waals surface area contributed by atoms with Gasteiger partial charge in [-0.3, -0.25) is 4.79 Å². The highest BCUT2D eigenvalue weighted by Gasteiger charge is 2.23. The molecular formula is C22H19ClN2OS. The summed E-state index contributed by atoms with van der Waals surface area (Å²) in [6, 6.07) is 24.8. The Morgan fingerprint density at radius 2 is 1.48 bits per heavy atom. The maximum Gasteiger partial charge on any atom is 0.238 e. The van der Waals surface area contributed by atoms with Gasteiger partial charge in [-0.25, -0.2) is 0 Å². The lowest BCUT2D eigenvalue weighted by Crippen LogP contribution is -2.38. The van der Waals surface area contributed by atoms with Gasteiger partial charge in [-0.15, -0.1) is 0 Å². The van der Waals surface area contributed by atoms with E-state index in [-0.39, 0.29) is 11.0 Å². The molecule has 0 fully saturated rings. The summed E-state index contributed by atoms with van der Waals surface area (Å²) in [5.74, 6) is -0.641. The second kappa shape index (κ2) is 8.80. The van der Waals surface area contributed by atoms with E-state index in [9.17, 15) is 4.79 Å². The summed E-state index contributed by atoms with van der Waals surface area (Å²) in [4.78, 5) is 13.0. The predicted molar refractivity (Wildman–Crippen MR) is 115 cm³/mol. The van der Waals surface area contributed by atoms with E-state index < -0.39 is 5.92 Å². The Hall–Kier alpha value is -2.69. The first-order valence-electron chi connectivity index (χ1n) is 8.52. The molecule has 0 bridgehead atoms. The van der Waals surface area contributed by atoms with Crippen molar-refractivity contribution < 1.29 is 4.79 Å². The fraction of sp³-hybridized carbons (Fsp3) is 0.0909. The van der Waals surface area contributed by atoms with Crippen LogP contribution >= 0.6 is 23.8 Å². The number of nitrogens with one attached hydrogen (secondary N) is 2. The third kappa shape index (κ3) is 4.94. The van der Waals surface area contributed by atoms with E-state index >= 15 is 0 Å². The van der Waals surface area contributed by atoms with Gasteiger partial charge in [0, 0.05) is 10.7 Å². The Kier molecular flexibility index (Phi) is 6.22. The Morgan fingerprint density at radius 3 is 2.04 bits per heavy atom. The maximum atomic E-state index is 13.0. The zero-order valence-corrected chi connectivity index (χ0v) is 16.3. The number of halogens is 1. The van der Waals surface area contributed by atoms with Crippen LogP contribution in [-0.4, -0.2) is 11.0 Å². The number of hydrogen-bond acceptors (Lipinski definition) is 2. The lowest BCUT2D eigenvalue weighted by atomic mass is 9.90. The first-order chi connectivity index (χ1) is 13.0. The average Bonchev–Trinajstić information content (AvgIpc) is 2.66. The Balaban J connectivity index is 1.80. The van der Waals surface area contributed by atoms with E-state index in [0.29, 0.717) is 5.02 Å². The second-order valence-electron chi connectivity index (χ2n) is 6.16. The molecule has 3 aromatic rings. The van der Waals surface area contributed by atoms with E-state index in [2.05, 4.69) is 10.6 Å². The van der Waals surface area contributed by atoms with Gasteiger partial charge < -0.3 is 10.6 Å².